The number of carbonyl (C=O) groups excluding carboxylic acids is 2. The molecule has 7 nitrogen and oxygen atoms in total. The molecule has 34 heavy (non-hydrogen) atoms. The lowest BCUT2D eigenvalue weighted by Gasteiger charge is -2.14. The number of methoxy groups -OCH3 is 2. The number of benzene rings is 3. The minimum absolute atomic E-state index is 0.125. The molecule has 3 N–H and O–H groups in total. The van der Waals surface area contributed by atoms with E-state index in [-0.39, 0.29) is 18.1 Å². The van der Waals surface area contributed by atoms with Crippen LogP contribution >= 0.6 is 0 Å². The minimum Gasteiger partial charge on any atom is -0.493 e. The van der Waals surface area contributed by atoms with Crippen molar-refractivity contribution in [1.82, 2.24) is 15.6 Å². The van der Waals surface area contributed by atoms with E-state index in [4.69, 9.17) is 9.47 Å². The summed E-state index contributed by atoms with van der Waals surface area (Å²) in [5, 5.41) is 6.58. The van der Waals surface area contributed by atoms with Crippen molar-refractivity contribution < 1.29 is 19.1 Å². The number of amides is 2. The molecule has 4 rings (SSSR count). The van der Waals surface area contributed by atoms with Gasteiger partial charge in [0.25, 0.3) is 11.8 Å². The lowest BCUT2D eigenvalue weighted by atomic mass is 10.1. The SMILES string of the molecule is COc1cccc(CNC(=O)/C(=C\c2c[nH]c3ccccc23)NC(=O)c2ccccc2)c1OC. The van der Waals surface area contributed by atoms with Gasteiger partial charge in [-0.1, -0.05) is 48.5 Å². The first-order valence-electron chi connectivity index (χ1n) is 10.7. The van der Waals surface area contributed by atoms with E-state index in [0.29, 0.717) is 17.1 Å². The van der Waals surface area contributed by atoms with Crippen LogP contribution in [0.1, 0.15) is 21.5 Å². The van der Waals surface area contributed by atoms with Gasteiger partial charge in [0.1, 0.15) is 5.70 Å². The Morgan fingerprint density at radius 3 is 2.44 bits per heavy atom. The number of carbonyl (C=O) groups is 2. The largest absolute Gasteiger partial charge is 0.493 e. The smallest absolute Gasteiger partial charge is 0.268 e. The van der Waals surface area contributed by atoms with E-state index in [2.05, 4.69) is 15.6 Å². The number of nitrogens with one attached hydrogen (secondary N) is 3. The Morgan fingerprint density at radius 2 is 1.68 bits per heavy atom. The van der Waals surface area contributed by atoms with Crippen LogP contribution in [0.5, 0.6) is 11.5 Å². The van der Waals surface area contributed by atoms with Crippen molar-refractivity contribution in [2.45, 2.75) is 6.54 Å². The average molecular weight is 456 g/mol. The second-order valence-electron chi connectivity index (χ2n) is 7.50. The third-order valence-electron chi connectivity index (χ3n) is 5.37. The first-order valence-corrected chi connectivity index (χ1v) is 10.7. The maximum atomic E-state index is 13.2. The zero-order chi connectivity index (χ0) is 23.9. The lowest BCUT2D eigenvalue weighted by molar-refractivity contribution is -0.117. The normalized spacial score (nSPS) is 11.2. The quantitative estimate of drug-likeness (QED) is 0.346. The van der Waals surface area contributed by atoms with E-state index >= 15 is 0 Å². The second kappa shape index (κ2) is 10.4. The molecule has 0 aliphatic rings. The summed E-state index contributed by atoms with van der Waals surface area (Å²) in [4.78, 5) is 29.2. The maximum absolute atomic E-state index is 13.2. The molecule has 4 aromatic rings. The molecule has 1 aromatic heterocycles. The summed E-state index contributed by atoms with van der Waals surface area (Å²) in [6, 6.07) is 22.0. The number of hydrogen-bond donors (Lipinski definition) is 3. The van der Waals surface area contributed by atoms with E-state index in [1.807, 2.05) is 42.5 Å². The van der Waals surface area contributed by atoms with Crippen LogP contribution in [0.3, 0.4) is 0 Å². The summed E-state index contributed by atoms with van der Waals surface area (Å²) in [6.45, 7) is 0.186. The number of aromatic nitrogens is 1. The predicted molar refractivity (Wildman–Crippen MR) is 132 cm³/mol. The van der Waals surface area contributed by atoms with Crippen LogP contribution in [0.2, 0.25) is 0 Å². The first kappa shape index (κ1) is 22.7. The zero-order valence-corrected chi connectivity index (χ0v) is 18.9. The van der Waals surface area contributed by atoms with Crippen LogP contribution in [0, 0.1) is 0 Å². The van der Waals surface area contributed by atoms with Crippen LogP contribution in [-0.4, -0.2) is 31.0 Å². The van der Waals surface area contributed by atoms with Gasteiger partial charge in [0, 0.05) is 40.3 Å². The van der Waals surface area contributed by atoms with Crippen molar-refractivity contribution in [3.8, 4) is 11.5 Å². The Kier molecular flexibility index (Phi) is 6.93. The molecule has 0 saturated heterocycles. The first-order chi connectivity index (χ1) is 16.6. The number of hydrogen-bond acceptors (Lipinski definition) is 4. The highest BCUT2D eigenvalue weighted by Crippen LogP contribution is 2.30. The zero-order valence-electron chi connectivity index (χ0n) is 18.9. The van der Waals surface area contributed by atoms with Gasteiger partial charge in [0.15, 0.2) is 11.5 Å². The van der Waals surface area contributed by atoms with Crippen molar-refractivity contribution >= 4 is 28.8 Å². The monoisotopic (exact) mass is 455 g/mol. The third kappa shape index (κ3) is 4.94. The number of para-hydroxylation sites is 2. The van der Waals surface area contributed by atoms with E-state index in [9.17, 15) is 9.59 Å². The van der Waals surface area contributed by atoms with E-state index < -0.39 is 5.91 Å². The minimum atomic E-state index is -0.431. The van der Waals surface area contributed by atoms with Crippen LogP contribution in [0.15, 0.2) is 84.7 Å². The molecular formula is C27H25N3O4. The third-order valence-corrected chi connectivity index (χ3v) is 5.37. The van der Waals surface area contributed by atoms with Crippen LogP contribution < -0.4 is 20.1 Å². The molecule has 0 atom stereocenters. The molecule has 0 fully saturated rings. The van der Waals surface area contributed by atoms with Gasteiger partial charge < -0.3 is 25.1 Å². The van der Waals surface area contributed by atoms with Gasteiger partial charge in [-0.2, -0.15) is 0 Å². The standard InChI is InChI=1S/C27H25N3O4/c1-33-24-14-8-11-19(25(24)34-2)16-29-27(32)23(30-26(31)18-9-4-3-5-10-18)15-20-17-28-22-13-7-6-12-21(20)22/h3-15,17,28H,16H2,1-2H3,(H,29,32)(H,30,31)/b23-15+. The Bertz CT molecular complexity index is 1340. The van der Waals surface area contributed by atoms with E-state index in [0.717, 1.165) is 22.0 Å². The van der Waals surface area contributed by atoms with Crippen molar-refractivity contribution in [2.24, 2.45) is 0 Å². The summed E-state index contributed by atoms with van der Waals surface area (Å²) < 4.78 is 10.8. The summed E-state index contributed by atoms with van der Waals surface area (Å²) in [6.07, 6.45) is 3.47. The molecule has 2 amide bonds. The molecule has 7 heteroatoms. The Morgan fingerprint density at radius 1 is 0.912 bits per heavy atom. The van der Waals surface area contributed by atoms with Crippen molar-refractivity contribution in [3.63, 3.8) is 0 Å². The highest BCUT2D eigenvalue weighted by molar-refractivity contribution is 6.06. The molecule has 3 aromatic carbocycles. The number of H-pyrrole nitrogens is 1. The summed E-state index contributed by atoms with van der Waals surface area (Å²) >= 11 is 0. The highest BCUT2D eigenvalue weighted by atomic mass is 16.5. The molecule has 0 spiro atoms. The molecule has 0 saturated carbocycles. The van der Waals surface area contributed by atoms with Gasteiger partial charge >= 0.3 is 0 Å². The fourth-order valence-electron chi connectivity index (χ4n) is 3.67. The molecule has 0 aliphatic carbocycles. The van der Waals surface area contributed by atoms with E-state index in [1.54, 1.807) is 56.8 Å². The summed E-state index contributed by atoms with van der Waals surface area (Å²) in [7, 11) is 3.10. The molecule has 172 valence electrons. The maximum Gasteiger partial charge on any atom is 0.268 e. The number of rotatable bonds is 8. The average Bonchev–Trinajstić information content (AvgIpc) is 3.29. The molecule has 1 heterocycles. The number of fused-ring (bicyclic) bond motifs is 1. The van der Waals surface area contributed by atoms with E-state index in [1.165, 1.54) is 0 Å². The molecule has 0 unspecified atom stereocenters. The van der Waals surface area contributed by atoms with Gasteiger partial charge in [-0.15, -0.1) is 0 Å². The number of ether oxygens (including phenoxy) is 2. The Labute approximate surface area is 197 Å². The van der Waals surface area contributed by atoms with Gasteiger partial charge in [-0.05, 0) is 30.3 Å². The van der Waals surface area contributed by atoms with Crippen molar-refractivity contribution in [1.29, 1.82) is 0 Å². The summed E-state index contributed by atoms with van der Waals surface area (Å²) in [5.74, 6) is 0.308. The molecule has 0 aliphatic heterocycles. The van der Waals surface area contributed by atoms with Gasteiger partial charge in [0.2, 0.25) is 0 Å². The van der Waals surface area contributed by atoms with Crippen molar-refractivity contribution in [3.05, 3.63) is 101 Å². The molecule has 0 radical (unpaired) electrons. The van der Waals surface area contributed by atoms with Crippen LogP contribution in [0.4, 0.5) is 0 Å². The van der Waals surface area contributed by atoms with Crippen molar-refractivity contribution in [2.75, 3.05) is 14.2 Å². The Balaban J connectivity index is 1.62. The van der Waals surface area contributed by atoms with Gasteiger partial charge in [-0.3, -0.25) is 9.59 Å². The molecular weight excluding hydrogens is 430 g/mol. The Hall–Kier alpha value is -4.52. The number of aromatic amines is 1. The topological polar surface area (TPSA) is 92.5 Å². The molecule has 0 bridgehead atoms. The lowest BCUT2D eigenvalue weighted by Crippen LogP contribution is -2.34. The second-order valence-corrected chi connectivity index (χ2v) is 7.50. The van der Waals surface area contributed by atoms with Gasteiger partial charge in [-0.25, -0.2) is 0 Å². The van der Waals surface area contributed by atoms with Crippen LogP contribution in [-0.2, 0) is 11.3 Å². The fraction of sp³-hybridized carbons (Fsp3) is 0.111. The predicted octanol–water partition coefficient (Wildman–Crippen LogP) is 4.27. The highest BCUT2D eigenvalue weighted by Gasteiger charge is 2.17. The van der Waals surface area contributed by atoms with Crippen LogP contribution in [0.25, 0.3) is 17.0 Å². The van der Waals surface area contributed by atoms with Gasteiger partial charge in [0.05, 0.1) is 14.2 Å². The summed E-state index contributed by atoms with van der Waals surface area (Å²) in [5.41, 5.74) is 3.04. The fourth-order valence-corrected chi connectivity index (χ4v) is 3.67.